The molecule has 12 aromatic carbocycles. The Morgan fingerprint density at radius 2 is 0.878 bits per heavy atom. The Kier molecular flexibility index (Phi) is 10.4. The number of benzene rings is 12. The van der Waals surface area contributed by atoms with Gasteiger partial charge in [0.2, 0.25) is 0 Å². The van der Waals surface area contributed by atoms with E-state index in [9.17, 15) is 0 Å². The molecule has 0 spiro atoms. The number of fused-ring (bicyclic) bond motifs is 7. The van der Waals surface area contributed by atoms with Crippen LogP contribution in [0.3, 0.4) is 0 Å². The first-order valence-electron chi connectivity index (χ1n) is 25.5. The summed E-state index contributed by atoms with van der Waals surface area (Å²) in [6, 6.07) is 109. The summed E-state index contributed by atoms with van der Waals surface area (Å²) in [5, 5.41) is 4.82. The summed E-state index contributed by atoms with van der Waals surface area (Å²) >= 11 is 0. The maximum absolute atomic E-state index is 2.60. The van der Waals surface area contributed by atoms with Gasteiger partial charge in [-0.15, -0.1) is 0 Å². The van der Waals surface area contributed by atoms with Gasteiger partial charge in [0.05, 0.1) is 16.7 Å². The second-order valence-electron chi connectivity index (χ2n) is 19.2. The highest BCUT2D eigenvalue weighted by Crippen LogP contribution is 2.59. The molecule has 0 amide bonds. The van der Waals surface area contributed by atoms with E-state index in [4.69, 9.17) is 0 Å². The Balaban J connectivity index is 1.06. The fourth-order valence-electron chi connectivity index (χ4n) is 12.0. The van der Waals surface area contributed by atoms with Crippen LogP contribution < -0.4 is 9.80 Å². The third kappa shape index (κ3) is 6.97. The molecule has 348 valence electrons. The van der Waals surface area contributed by atoms with Crippen molar-refractivity contribution in [3.63, 3.8) is 0 Å². The lowest BCUT2D eigenvalue weighted by Gasteiger charge is -2.45. The predicted molar refractivity (Wildman–Crippen MR) is 311 cm³/mol. The fourth-order valence-corrected chi connectivity index (χ4v) is 12.0. The summed E-state index contributed by atoms with van der Waals surface area (Å²) in [5.74, 6) is 0. The molecule has 0 aliphatic heterocycles. The summed E-state index contributed by atoms with van der Waals surface area (Å²) in [6.07, 6.45) is 0. The first-order valence-corrected chi connectivity index (χ1v) is 25.5. The van der Waals surface area contributed by atoms with Crippen molar-refractivity contribution < 1.29 is 0 Å². The van der Waals surface area contributed by atoms with E-state index in [0.717, 1.165) is 50.8 Å². The van der Waals surface area contributed by atoms with Crippen LogP contribution in [-0.2, 0) is 5.54 Å². The number of hydrogen-bond acceptors (Lipinski definition) is 2. The maximum atomic E-state index is 2.60. The van der Waals surface area contributed by atoms with E-state index in [1.54, 1.807) is 0 Å². The predicted octanol–water partition coefficient (Wildman–Crippen LogP) is 18.9. The van der Waals surface area contributed by atoms with Gasteiger partial charge in [-0.2, -0.15) is 0 Å². The first kappa shape index (κ1) is 43.1. The fraction of sp³-hybridized carbons (Fsp3) is 0.0141. The molecule has 1 unspecified atom stereocenters. The average Bonchev–Trinajstić information content (AvgIpc) is 4.06. The minimum atomic E-state index is -0.808. The Morgan fingerprint density at radius 3 is 1.69 bits per heavy atom. The van der Waals surface area contributed by atoms with Crippen LogP contribution in [0.5, 0.6) is 0 Å². The van der Waals surface area contributed by atoms with Crippen LogP contribution in [0.15, 0.2) is 297 Å². The van der Waals surface area contributed by atoms with Crippen molar-refractivity contribution in [2.24, 2.45) is 0 Å². The molecule has 3 nitrogen and oxygen atoms in total. The second-order valence-corrected chi connectivity index (χ2v) is 19.2. The molecule has 13 aromatic rings. The Bertz CT molecular complexity index is 4200. The van der Waals surface area contributed by atoms with Crippen molar-refractivity contribution in [2.45, 2.75) is 5.54 Å². The molecule has 1 aliphatic carbocycles. The number of aromatic nitrogens is 1. The van der Waals surface area contributed by atoms with E-state index in [1.165, 1.54) is 66.0 Å². The van der Waals surface area contributed by atoms with Gasteiger partial charge in [0.1, 0.15) is 5.54 Å². The molecule has 1 aromatic heterocycles. The third-order valence-electron chi connectivity index (χ3n) is 15.1. The minimum Gasteiger partial charge on any atom is -0.323 e. The van der Waals surface area contributed by atoms with E-state index in [1.807, 2.05) is 0 Å². The third-order valence-corrected chi connectivity index (χ3v) is 15.1. The van der Waals surface area contributed by atoms with Crippen molar-refractivity contribution in [1.29, 1.82) is 0 Å². The van der Waals surface area contributed by atoms with Crippen molar-refractivity contribution in [3.05, 3.63) is 314 Å². The molecular formula is C71H49N3. The normalized spacial score (nSPS) is 13.7. The zero-order valence-electron chi connectivity index (χ0n) is 40.6. The first-order chi connectivity index (χ1) is 36.7. The van der Waals surface area contributed by atoms with Gasteiger partial charge in [0.15, 0.2) is 0 Å². The molecular weight excluding hydrogens is 895 g/mol. The topological polar surface area (TPSA) is 11.4 Å². The Labute approximate surface area is 431 Å². The Hall–Kier alpha value is -9.70. The molecule has 1 aliphatic rings. The van der Waals surface area contributed by atoms with E-state index < -0.39 is 5.54 Å². The molecule has 1 atom stereocenters. The van der Waals surface area contributed by atoms with Crippen molar-refractivity contribution >= 4 is 61.0 Å². The molecule has 74 heavy (non-hydrogen) atoms. The van der Waals surface area contributed by atoms with Gasteiger partial charge in [0, 0.05) is 44.8 Å². The van der Waals surface area contributed by atoms with E-state index >= 15 is 0 Å². The molecule has 0 radical (unpaired) electrons. The lowest BCUT2D eigenvalue weighted by molar-refractivity contribution is 0.644. The number of anilines is 5. The summed E-state index contributed by atoms with van der Waals surface area (Å²) in [4.78, 5) is 5.09. The SMILES string of the molecule is c1ccc(-c2cccc(-n3c4ccccc4c4ccc(N(c5ccc6c(c5)C(c5ccccc5)(N(c5ccccc5)c5ccc7ccccc7c5)c5ccccc5-6)c5ccccc5-c5ccccc5)cc43)c2)cc1. The summed E-state index contributed by atoms with van der Waals surface area (Å²) in [7, 11) is 0. The van der Waals surface area contributed by atoms with E-state index in [2.05, 4.69) is 312 Å². The number of hydrogen-bond donors (Lipinski definition) is 0. The molecule has 0 saturated heterocycles. The summed E-state index contributed by atoms with van der Waals surface area (Å²) in [5.41, 5.74) is 18.7. The molecule has 1 heterocycles. The van der Waals surface area contributed by atoms with Gasteiger partial charge in [-0.05, 0) is 128 Å². The monoisotopic (exact) mass is 943 g/mol. The second kappa shape index (κ2) is 17.9. The molecule has 0 N–H and O–H groups in total. The van der Waals surface area contributed by atoms with Crippen LogP contribution in [0, 0.1) is 0 Å². The maximum Gasteiger partial charge on any atom is 0.122 e. The molecule has 3 heteroatoms. The van der Waals surface area contributed by atoms with Gasteiger partial charge in [-0.1, -0.05) is 224 Å². The van der Waals surface area contributed by atoms with Gasteiger partial charge in [0.25, 0.3) is 0 Å². The Morgan fingerprint density at radius 1 is 0.297 bits per heavy atom. The number of para-hydroxylation sites is 3. The van der Waals surface area contributed by atoms with Crippen LogP contribution in [0.25, 0.3) is 71.6 Å². The summed E-state index contributed by atoms with van der Waals surface area (Å²) < 4.78 is 2.45. The van der Waals surface area contributed by atoms with Crippen molar-refractivity contribution in [1.82, 2.24) is 4.57 Å². The van der Waals surface area contributed by atoms with Gasteiger partial charge < -0.3 is 14.4 Å². The lowest BCUT2D eigenvalue weighted by Crippen LogP contribution is -2.44. The highest BCUT2D eigenvalue weighted by atomic mass is 15.2. The average molecular weight is 944 g/mol. The molecule has 0 saturated carbocycles. The van der Waals surface area contributed by atoms with Crippen molar-refractivity contribution in [2.75, 3.05) is 9.80 Å². The molecule has 0 fully saturated rings. The van der Waals surface area contributed by atoms with E-state index in [0.29, 0.717) is 0 Å². The quantitative estimate of drug-likeness (QED) is 0.135. The summed E-state index contributed by atoms with van der Waals surface area (Å²) in [6.45, 7) is 0. The largest absolute Gasteiger partial charge is 0.323 e. The molecule has 0 bridgehead atoms. The molecule has 14 rings (SSSR count). The van der Waals surface area contributed by atoms with Gasteiger partial charge in [-0.3, -0.25) is 0 Å². The van der Waals surface area contributed by atoms with Crippen LogP contribution in [0.1, 0.15) is 16.7 Å². The van der Waals surface area contributed by atoms with Crippen LogP contribution in [-0.4, -0.2) is 4.57 Å². The van der Waals surface area contributed by atoms with Crippen LogP contribution in [0.4, 0.5) is 28.4 Å². The zero-order chi connectivity index (χ0) is 49.0. The lowest BCUT2D eigenvalue weighted by atomic mass is 9.78. The van der Waals surface area contributed by atoms with E-state index in [-0.39, 0.29) is 0 Å². The van der Waals surface area contributed by atoms with Crippen LogP contribution in [0.2, 0.25) is 0 Å². The smallest absolute Gasteiger partial charge is 0.122 e. The zero-order valence-corrected chi connectivity index (χ0v) is 40.6. The standard InChI is InChI=1S/C71H49N3/c1-5-22-50(23-6-1)54-28-21-33-57(46-54)73-69-39-20-17-36-64(69)65-45-43-59(49-70(65)73)72(68-38-19-16-34-61(68)52-25-7-2-8-26-52)58-42-44-63-62-35-15-18-37-66(62)71(67(63)48-58,55-29-9-3-10-30-55)74(56-31-11-4-12-32-56)60-41-40-51-24-13-14-27-53(51)47-60/h1-49H. The highest BCUT2D eigenvalue weighted by Gasteiger charge is 2.50. The minimum absolute atomic E-state index is 0.808. The number of rotatable bonds is 10. The van der Waals surface area contributed by atoms with Gasteiger partial charge >= 0.3 is 0 Å². The van der Waals surface area contributed by atoms with Gasteiger partial charge in [-0.25, -0.2) is 0 Å². The van der Waals surface area contributed by atoms with Crippen molar-refractivity contribution in [3.8, 4) is 39.1 Å². The number of nitrogens with zero attached hydrogens (tertiary/aromatic N) is 3. The highest BCUT2D eigenvalue weighted by molar-refractivity contribution is 6.11. The van der Waals surface area contributed by atoms with Crippen LogP contribution >= 0.6 is 0 Å².